The summed E-state index contributed by atoms with van der Waals surface area (Å²) in [6.45, 7) is 4.53. The Morgan fingerprint density at radius 2 is 1.21 bits per heavy atom. The third-order valence-electron chi connectivity index (χ3n) is 6.83. The summed E-state index contributed by atoms with van der Waals surface area (Å²) < 4.78 is 5.84. The lowest BCUT2D eigenvalue weighted by Crippen LogP contribution is -2.08. The van der Waals surface area contributed by atoms with E-state index < -0.39 is 0 Å². The molecule has 0 aliphatic carbocycles. The number of hydrogen-bond acceptors (Lipinski definition) is 2. The summed E-state index contributed by atoms with van der Waals surface area (Å²) in [6.07, 6.45) is 20.2. The van der Waals surface area contributed by atoms with Crippen molar-refractivity contribution in [1.29, 1.82) is 0 Å². The van der Waals surface area contributed by atoms with Crippen molar-refractivity contribution in [1.82, 2.24) is 0 Å². The van der Waals surface area contributed by atoms with Gasteiger partial charge in [0.05, 0.1) is 12.7 Å². The number of ether oxygens (including phenoxy) is 1. The van der Waals surface area contributed by atoms with Gasteiger partial charge in [0.1, 0.15) is 5.75 Å². The fourth-order valence-electron chi connectivity index (χ4n) is 4.80. The van der Waals surface area contributed by atoms with Crippen molar-refractivity contribution in [2.24, 2.45) is 0 Å². The van der Waals surface area contributed by atoms with Gasteiger partial charge < -0.3 is 4.74 Å². The standard InChI is InChI=1S/C32H48O2/c1-4-6-8-10-12-14-17-21-27-25-29(24-18-15-13-11-9-7-5-2)32(34-3)30(26-27)31(33)28-22-19-16-20-23-28/h16,19-20,22-23,25-26H,4-15,17-18,21,24H2,1-3H3. The van der Waals surface area contributed by atoms with Crippen LogP contribution in [0.2, 0.25) is 0 Å². The summed E-state index contributed by atoms with van der Waals surface area (Å²) in [5.74, 6) is 0.850. The molecule has 0 aromatic heterocycles. The van der Waals surface area contributed by atoms with Gasteiger partial charge in [-0.25, -0.2) is 0 Å². The molecule has 0 heterocycles. The zero-order valence-electron chi connectivity index (χ0n) is 22.2. The van der Waals surface area contributed by atoms with E-state index in [0.29, 0.717) is 0 Å². The molecule has 0 saturated heterocycles. The molecule has 0 aliphatic heterocycles. The van der Waals surface area contributed by atoms with Crippen LogP contribution < -0.4 is 4.74 Å². The van der Waals surface area contributed by atoms with Crippen molar-refractivity contribution in [2.75, 3.05) is 7.11 Å². The molecule has 0 bridgehead atoms. The molecule has 2 aromatic rings. The highest BCUT2D eigenvalue weighted by atomic mass is 16.5. The molecular formula is C32H48O2. The summed E-state index contributed by atoms with van der Waals surface area (Å²) in [5, 5.41) is 0. The third kappa shape index (κ3) is 10.0. The smallest absolute Gasteiger partial charge is 0.196 e. The Bertz CT molecular complexity index is 809. The van der Waals surface area contributed by atoms with Crippen molar-refractivity contribution in [2.45, 2.75) is 117 Å². The number of benzene rings is 2. The van der Waals surface area contributed by atoms with E-state index in [9.17, 15) is 4.79 Å². The maximum absolute atomic E-state index is 13.4. The molecule has 0 aliphatic rings. The summed E-state index contributed by atoms with van der Waals surface area (Å²) in [4.78, 5) is 13.4. The molecule has 188 valence electrons. The maximum atomic E-state index is 13.4. The van der Waals surface area contributed by atoms with E-state index in [1.54, 1.807) is 7.11 Å². The highest BCUT2D eigenvalue weighted by Gasteiger charge is 2.19. The molecule has 34 heavy (non-hydrogen) atoms. The second kappa shape index (κ2) is 17.4. The van der Waals surface area contributed by atoms with Crippen LogP contribution in [0.25, 0.3) is 0 Å². The normalized spacial score (nSPS) is 11.0. The molecule has 2 rings (SSSR count). The van der Waals surface area contributed by atoms with Gasteiger partial charge >= 0.3 is 0 Å². The first-order chi connectivity index (χ1) is 16.7. The highest BCUT2D eigenvalue weighted by molar-refractivity contribution is 6.11. The molecule has 2 heteroatoms. The van der Waals surface area contributed by atoms with Gasteiger partial charge in [-0.05, 0) is 42.9 Å². The second-order valence-corrected chi connectivity index (χ2v) is 9.77. The second-order valence-electron chi connectivity index (χ2n) is 9.77. The van der Waals surface area contributed by atoms with Crippen LogP contribution in [0, 0.1) is 0 Å². The average Bonchev–Trinajstić information content (AvgIpc) is 2.87. The SMILES string of the molecule is CCCCCCCCCc1cc(CCCCCCCCC)c(OC)c(C(=O)c2ccccc2)c1. The van der Waals surface area contributed by atoms with Crippen molar-refractivity contribution in [3.8, 4) is 5.75 Å². The van der Waals surface area contributed by atoms with Gasteiger partial charge in [0, 0.05) is 5.56 Å². The van der Waals surface area contributed by atoms with Gasteiger partial charge in [-0.1, -0.05) is 127 Å². The highest BCUT2D eigenvalue weighted by Crippen LogP contribution is 2.30. The molecular weight excluding hydrogens is 416 g/mol. The Labute approximate surface area is 209 Å². The number of carbonyl (C=O) groups is 1. The van der Waals surface area contributed by atoms with Crippen molar-refractivity contribution in [3.05, 3.63) is 64.7 Å². The maximum Gasteiger partial charge on any atom is 0.196 e. The number of methoxy groups -OCH3 is 1. The van der Waals surface area contributed by atoms with E-state index in [1.165, 1.54) is 94.6 Å². The number of carbonyl (C=O) groups excluding carboxylic acids is 1. The Kier molecular flexibility index (Phi) is 14.4. The molecule has 0 fully saturated rings. The number of unbranched alkanes of at least 4 members (excludes halogenated alkanes) is 12. The molecule has 0 N–H and O–H groups in total. The molecule has 2 aromatic carbocycles. The number of hydrogen-bond donors (Lipinski definition) is 0. The summed E-state index contributed by atoms with van der Waals surface area (Å²) in [5.41, 5.74) is 3.95. The van der Waals surface area contributed by atoms with Crippen LogP contribution in [-0.4, -0.2) is 12.9 Å². The van der Waals surface area contributed by atoms with E-state index in [1.807, 2.05) is 30.3 Å². The minimum atomic E-state index is 0.0691. The van der Waals surface area contributed by atoms with E-state index in [-0.39, 0.29) is 5.78 Å². The largest absolute Gasteiger partial charge is 0.496 e. The first-order valence-corrected chi connectivity index (χ1v) is 14.0. The Hall–Kier alpha value is -2.09. The van der Waals surface area contributed by atoms with Crippen LogP contribution in [0.5, 0.6) is 5.75 Å². The van der Waals surface area contributed by atoms with E-state index >= 15 is 0 Å². The number of aryl methyl sites for hydroxylation is 2. The van der Waals surface area contributed by atoms with Crippen LogP contribution in [-0.2, 0) is 12.8 Å². The van der Waals surface area contributed by atoms with Gasteiger partial charge in [-0.2, -0.15) is 0 Å². The monoisotopic (exact) mass is 464 g/mol. The van der Waals surface area contributed by atoms with E-state index in [4.69, 9.17) is 4.74 Å². The van der Waals surface area contributed by atoms with Crippen molar-refractivity contribution in [3.63, 3.8) is 0 Å². The van der Waals surface area contributed by atoms with Gasteiger partial charge in [0.15, 0.2) is 5.78 Å². The van der Waals surface area contributed by atoms with Crippen LogP contribution in [0.1, 0.15) is 131 Å². The van der Waals surface area contributed by atoms with E-state index in [2.05, 4.69) is 26.0 Å². The quantitative estimate of drug-likeness (QED) is 0.153. The van der Waals surface area contributed by atoms with Gasteiger partial charge in [-0.3, -0.25) is 4.79 Å². The Morgan fingerprint density at radius 3 is 1.76 bits per heavy atom. The van der Waals surface area contributed by atoms with Gasteiger partial charge in [0.25, 0.3) is 0 Å². The van der Waals surface area contributed by atoms with Crippen LogP contribution in [0.15, 0.2) is 42.5 Å². The van der Waals surface area contributed by atoms with Crippen molar-refractivity contribution < 1.29 is 9.53 Å². The lowest BCUT2D eigenvalue weighted by Gasteiger charge is -2.16. The molecule has 2 nitrogen and oxygen atoms in total. The fraction of sp³-hybridized carbons (Fsp3) is 0.594. The topological polar surface area (TPSA) is 26.3 Å². The molecule has 0 atom stereocenters. The van der Waals surface area contributed by atoms with E-state index in [0.717, 1.165) is 36.1 Å². The summed E-state index contributed by atoms with van der Waals surface area (Å²) >= 11 is 0. The fourth-order valence-corrected chi connectivity index (χ4v) is 4.80. The summed E-state index contributed by atoms with van der Waals surface area (Å²) in [7, 11) is 1.71. The Morgan fingerprint density at radius 1 is 0.676 bits per heavy atom. The van der Waals surface area contributed by atoms with Crippen LogP contribution in [0.3, 0.4) is 0 Å². The number of rotatable bonds is 19. The zero-order valence-corrected chi connectivity index (χ0v) is 22.2. The molecule has 0 spiro atoms. The van der Waals surface area contributed by atoms with Gasteiger partial charge in [0.2, 0.25) is 0 Å². The Balaban J connectivity index is 2.09. The van der Waals surface area contributed by atoms with Crippen LogP contribution >= 0.6 is 0 Å². The number of ketones is 1. The molecule has 0 saturated carbocycles. The third-order valence-corrected chi connectivity index (χ3v) is 6.83. The molecule has 0 unspecified atom stereocenters. The zero-order chi connectivity index (χ0) is 24.4. The first kappa shape index (κ1) is 28.1. The minimum Gasteiger partial charge on any atom is -0.496 e. The predicted octanol–water partition coefficient (Wildman–Crippen LogP) is 9.51. The lowest BCUT2D eigenvalue weighted by molar-refractivity contribution is 0.103. The molecule has 0 amide bonds. The predicted molar refractivity (Wildman–Crippen MR) is 146 cm³/mol. The van der Waals surface area contributed by atoms with Crippen LogP contribution in [0.4, 0.5) is 0 Å². The summed E-state index contributed by atoms with van der Waals surface area (Å²) in [6, 6.07) is 14.0. The first-order valence-electron chi connectivity index (χ1n) is 14.0. The lowest BCUT2D eigenvalue weighted by atomic mass is 9.92. The molecule has 0 radical (unpaired) electrons. The van der Waals surface area contributed by atoms with Crippen molar-refractivity contribution >= 4 is 5.78 Å². The average molecular weight is 465 g/mol. The minimum absolute atomic E-state index is 0.0691. The van der Waals surface area contributed by atoms with Gasteiger partial charge in [-0.15, -0.1) is 0 Å².